The Bertz CT molecular complexity index is 1260. The maximum Gasteiger partial charge on any atom is 0.368 e. The van der Waals surface area contributed by atoms with Gasteiger partial charge in [-0.1, -0.05) is 23.7 Å². The number of pyridine rings is 1. The van der Waals surface area contributed by atoms with Crippen LogP contribution in [0.15, 0.2) is 47.4 Å². The highest BCUT2D eigenvalue weighted by Crippen LogP contribution is 2.24. The average molecular weight is 428 g/mol. The van der Waals surface area contributed by atoms with Gasteiger partial charge < -0.3 is 9.47 Å². The van der Waals surface area contributed by atoms with E-state index >= 15 is 0 Å². The first-order valence-corrected chi connectivity index (χ1v) is 9.33. The van der Waals surface area contributed by atoms with Crippen LogP contribution in [0.1, 0.15) is 11.1 Å². The first-order valence-electron chi connectivity index (χ1n) is 8.95. The SMILES string of the molecule is COc1nc(Cl)ccc1-n1ccc(OCc2c(C)cccc2-n2nnn(C)c2=O)n1. The lowest BCUT2D eigenvalue weighted by Gasteiger charge is -2.11. The minimum Gasteiger partial charge on any atom is -0.479 e. The maximum atomic E-state index is 12.3. The van der Waals surface area contributed by atoms with Crippen molar-refractivity contribution in [3.63, 3.8) is 0 Å². The van der Waals surface area contributed by atoms with Crippen LogP contribution < -0.4 is 15.2 Å². The summed E-state index contributed by atoms with van der Waals surface area (Å²) in [7, 11) is 3.06. The fraction of sp³-hybridized carbons (Fsp3) is 0.211. The third-order valence-corrected chi connectivity index (χ3v) is 4.72. The number of tetrazole rings is 1. The second-order valence-corrected chi connectivity index (χ2v) is 6.81. The zero-order valence-electron chi connectivity index (χ0n) is 16.5. The smallest absolute Gasteiger partial charge is 0.368 e. The molecule has 10 nitrogen and oxygen atoms in total. The molecule has 0 saturated heterocycles. The Morgan fingerprint density at radius 1 is 1.10 bits per heavy atom. The van der Waals surface area contributed by atoms with Gasteiger partial charge in [-0.3, -0.25) is 0 Å². The molecule has 4 rings (SSSR count). The van der Waals surface area contributed by atoms with Crippen molar-refractivity contribution in [2.24, 2.45) is 7.05 Å². The van der Waals surface area contributed by atoms with E-state index in [4.69, 9.17) is 21.1 Å². The van der Waals surface area contributed by atoms with E-state index in [1.807, 2.05) is 19.1 Å². The van der Waals surface area contributed by atoms with Crippen molar-refractivity contribution in [1.82, 2.24) is 34.6 Å². The molecule has 0 aliphatic rings. The van der Waals surface area contributed by atoms with E-state index in [2.05, 4.69) is 20.5 Å². The summed E-state index contributed by atoms with van der Waals surface area (Å²) in [6.07, 6.45) is 1.73. The molecule has 0 radical (unpaired) electrons. The minimum atomic E-state index is -0.339. The Balaban J connectivity index is 1.60. The van der Waals surface area contributed by atoms with Gasteiger partial charge in [0.05, 0.1) is 12.8 Å². The summed E-state index contributed by atoms with van der Waals surface area (Å²) in [5.41, 5.74) is 2.65. The molecular weight excluding hydrogens is 410 g/mol. The van der Waals surface area contributed by atoms with Crippen LogP contribution in [0.25, 0.3) is 11.4 Å². The van der Waals surface area contributed by atoms with Gasteiger partial charge in [0.25, 0.3) is 0 Å². The molecule has 154 valence electrons. The summed E-state index contributed by atoms with van der Waals surface area (Å²) in [5, 5.41) is 12.4. The van der Waals surface area contributed by atoms with Crippen molar-refractivity contribution < 1.29 is 9.47 Å². The molecule has 0 bridgehead atoms. The quantitative estimate of drug-likeness (QED) is 0.434. The summed E-state index contributed by atoms with van der Waals surface area (Å²) < 4.78 is 15.2. The Hall–Kier alpha value is -3.66. The second-order valence-electron chi connectivity index (χ2n) is 6.42. The van der Waals surface area contributed by atoms with Crippen LogP contribution in [0.4, 0.5) is 0 Å². The third kappa shape index (κ3) is 3.64. The van der Waals surface area contributed by atoms with E-state index in [9.17, 15) is 4.79 Å². The molecule has 0 amide bonds. The third-order valence-electron chi connectivity index (χ3n) is 4.51. The number of aromatic nitrogens is 7. The summed E-state index contributed by atoms with van der Waals surface area (Å²) in [5.74, 6) is 0.744. The summed E-state index contributed by atoms with van der Waals surface area (Å²) in [6.45, 7) is 2.13. The van der Waals surface area contributed by atoms with E-state index in [0.29, 0.717) is 28.3 Å². The lowest BCUT2D eigenvalue weighted by Crippen LogP contribution is -2.23. The van der Waals surface area contributed by atoms with Crippen molar-refractivity contribution in [1.29, 1.82) is 0 Å². The minimum absolute atomic E-state index is 0.192. The Labute approximate surface area is 176 Å². The van der Waals surface area contributed by atoms with Crippen LogP contribution in [0.2, 0.25) is 5.15 Å². The number of halogens is 1. The molecule has 0 spiro atoms. The molecule has 1 aromatic carbocycles. The number of nitrogens with zero attached hydrogens (tertiary/aromatic N) is 7. The Morgan fingerprint density at radius 2 is 1.93 bits per heavy atom. The van der Waals surface area contributed by atoms with E-state index in [1.54, 1.807) is 42.2 Å². The molecular formula is C19H18ClN7O3. The largest absolute Gasteiger partial charge is 0.479 e. The van der Waals surface area contributed by atoms with Crippen molar-refractivity contribution >= 4 is 11.6 Å². The average Bonchev–Trinajstić information content (AvgIpc) is 3.34. The number of hydrogen-bond donors (Lipinski definition) is 0. The lowest BCUT2D eigenvalue weighted by atomic mass is 10.1. The zero-order chi connectivity index (χ0) is 21.3. The van der Waals surface area contributed by atoms with Gasteiger partial charge in [0, 0.05) is 24.9 Å². The summed E-state index contributed by atoms with van der Waals surface area (Å²) in [4.78, 5) is 16.4. The highest BCUT2D eigenvalue weighted by Gasteiger charge is 2.15. The summed E-state index contributed by atoms with van der Waals surface area (Å²) >= 11 is 5.92. The predicted octanol–water partition coefficient (Wildman–Crippen LogP) is 2.10. The van der Waals surface area contributed by atoms with Crippen molar-refractivity contribution in [2.75, 3.05) is 7.11 Å². The topological polar surface area (TPSA) is 102 Å². The van der Waals surface area contributed by atoms with Gasteiger partial charge in [-0.05, 0) is 41.1 Å². The number of rotatable bonds is 6. The first kappa shape index (κ1) is 19.6. The van der Waals surface area contributed by atoms with Crippen LogP contribution in [-0.2, 0) is 13.7 Å². The predicted molar refractivity (Wildman–Crippen MR) is 109 cm³/mol. The number of benzene rings is 1. The van der Waals surface area contributed by atoms with Gasteiger partial charge in [0.1, 0.15) is 17.4 Å². The number of ether oxygens (including phenoxy) is 2. The molecule has 4 aromatic rings. The van der Waals surface area contributed by atoms with E-state index in [0.717, 1.165) is 11.1 Å². The van der Waals surface area contributed by atoms with Crippen molar-refractivity contribution in [2.45, 2.75) is 13.5 Å². The standard InChI is InChI=1S/C19H18ClN7O3/c1-12-5-4-6-14(27-19(28)25(2)23-24-27)13(12)11-30-17-9-10-26(22-17)15-7-8-16(20)21-18(15)29-3/h4-10H,11H2,1-3H3. The lowest BCUT2D eigenvalue weighted by molar-refractivity contribution is 0.290. The normalized spacial score (nSPS) is 10.9. The van der Waals surface area contributed by atoms with Crippen LogP contribution >= 0.6 is 11.6 Å². The molecule has 0 fully saturated rings. The highest BCUT2D eigenvalue weighted by atomic mass is 35.5. The molecule has 11 heteroatoms. The number of methoxy groups -OCH3 is 1. The number of hydrogen-bond acceptors (Lipinski definition) is 7. The first-order chi connectivity index (χ1) is 14.5. The second kappa shape index (κ2) is 7.99. The molecule has 30 heavy (non-hydrogen) atoms. The molecule has 3 aromatic heterocycles. The van der Waals surface area contributed by atoms with Gasteiger partial charge >= 0.3 is 5.69 Å². The molecule has 0 unspecified atom stereocenters. The van der Waals surface area contributed by atoms with Gasteiger partial charge in [0.2, 0.25) is 11.8 Å². The van der Waals surface area contributed by atoms with Crippen LogP contribution in [0.5, 0.6) is 11.8 Å². The molecule has 0 aliphatic carbocycles. The fourth-order valence-electron chi connectivity index (χ4n) is 2.94. The van der Waals surface area contributed by atoms with Gasteiger partial charge in [-0.2, -0.15) is 14.3 Å². The molecule has 0 aliphatic heterocycles. The Morgan fingerprint density at radius 3 is 2.67 bits per heavy atom. The number of aryl methyl sites for hydroxylation is 2. The van der Waals surface area contributed by atoms with E-state index in [-0.39, 0.29) is 12.3 Å². The van der Waals surface area contributed by atoms with Crippen molar-refractivity contribution in [3.05, 3.63) is 69.4 Å². The fourth-order valence-corrected chi connectivity index (χ4v) is 3.08. The monoisotopic (exact) mass is 427 g/mol. The highest BCUT2D eigenvalue weighted by molar-refractivity contribution is 6.29. The molecule has 0 atom stereocenters. The Kier molecular flexibility index (Phi) is 5.23. The van der Waals surface area contributed by atoms with E-state index in [1.165, 1.54) is 16.5 Å². The summed E-state index contributed by atoms with van der Waals surface area (Å²) in [6, 6.07) is 10.7. The van der Waals surface area contributed by atoms with Crippen LogP contribution in [0, 0.1) is 6.92 Å². The van der Waals surface area contributed by atoms with Crippen LogP contribution in [0.3, 0.4) is 0 Å². The van der Waals surface area contributed by atoms with Gasteiger partial charge in [-0.15, -0.1) is 5.10 Å². The van der Waals surface area contributed by atoms with Gasteiger partial charge in [-0.25, -0.2) is 9.48 Å². The molecule has 0 saturated carbocycles. The van der Waals surface area contributed by atoms with Gasteiger partial charge in [0.15, 0.2) is 0 Å². The van der Waals surface area contributed by atoms with Crippen LogP contribution in [-0.4, -0.2) is 41.7 Å². The molecule has 3 heterocycles. The maximum absolute atomic E-state index is 12.3. The van der Waals surface area contributed by atoms with Crippen molar-refractivity contribution in [3.8, 4) is 23.1 Å². The zero-order valence-corrected chi connectivity index (χ0v) is 17.2. The van der Waals surface area contributed by atoms with E-state index < -0.39 is 0 Å². The molecule has 0 N–H and O–H groups in total.